The molecule has 3 nitrogen and oxygen atoms in total. The first-order valence-electron chi connectivity index (χ1n) is 3.29. The van der Waals surface area contributed by atoms with Gasteiger partial charge in [-0.3, -0.25) is 0 Å². The van der Waals surface area contributed by atoms with Gasteiger partial charge in [0.2, 0.25) is 0 Å². The van der Waals surface area contributed by atoms with E-state index in [1.165, 1.54) is 0 Å². The minimum absolute atomic E-state index is 0.928. The molecule has 0 bridgehead atoms. The van der Waals surface area contributed by atoms with Gasteiger partial charge in [-0.15, -0.1) is 0 Å². The van der Waals surface area contributed by atoms with E-state index in [4.69, 9.17) is 0 Å². The van der Waals surface area contributed by atoms with Crippen LogP contribution in [0.2, 0.25) is 0 Å². The van der Waals surface area contributed by atoms with Crippen molar-refractivity contribution in [3.8, 4) is 5.69 Å². The molecule has 2 rings (SSSR count). The highest BCUT2D eigenvalue weighted by Crippen LogP contribution is 2.00. The minimum atomic E-state index is 0.928. The van der Waals surface area contributed by atoms with Crippen molar-refractivity contribution in [2.75, 3.05) is 0 Å². The van der Waals surface area contributed by atoms with E-state index < -0.39 is 0 Å². The molecule has 1 heterocycles. The third kappa shape index (κ3) is 1.12. The lowest BCUT2D eigenvalue weighted by atomic mass is 10.3. The molecule has 0 aliphatic rings. The molecule has 2 aromatic rings. The van der Waals surface area contributed by atoms with E-state index in [2.05, 4.69) is 16.3 Å². The Kier molecular flexibility index (Phi) is 1.41. The molecule has 11 heavy (non-hydrogen) atoms. The first kappa shape index (κ1) is 6.09. The van der Waals surface area contributed by atoms with Gasteiger partial charge in [0.25, 0.3) is 0 Å². The predicted molar refractivity (Wildman–Crippen MR) is 40.2 cm³/mol. The van der Waals surface area contributed by atoms with Gasteiger partial charge in [-0.2, -0.15) is 15.0 Å². The highest BCUT2D eigenvalue weighted by Gasteiger charge is 1.92. The molecule has 3 heteroatoms. The van der Waals surface area contributed by atoms with Crippen LogP contribution >= 0.6 is 0 Å². The van der Waals surface area contributed by atoms with E-state index in [1.807, 2.05) is 24.3 Å². The van der Waals surface area contributed by atoms with Crippen LogP contribution in [0.5, 0.6) is 0 Å². The summed E-state index contributed by atoms with van der Waals surface area (Å²) >= 11 is 0. The molecular formula is C8H6N3. The number of hydrogen-bond donors (Lipinski definition) is 0. The van der Waals surface area contributed by atoms with Crippen molar-refractivity contribution in [3.05, 3.63) is 42.7 Å². The fourth-order valence-corrected chi connectivity index (χ4v) is 0.857. The highest BCUT2D eigenvalue weighted by molar-refractivity contribution is 5.27. The predicted octanol–water partition coefficient (Wildman–Crippen LogP) is 1.07. The zero-order valence-corrected chi connectivity index (χ0v) is 5.81. The summed E-state index contributed by atoms with van der Waals surface area (Å²) in [7, 11) is 0. The third-order valence-electron chi connectivity index (χ3n) is 1.34. The Hall–Kier alpha value is -1.64. The first-order chi connectivity index (χ1) is 5.47. The zero-order valence-electron chi connectivity index (χ0n) is 5.81. The van der Waals surface area contributed by atoms with Gasteiger partial charge in [0, 0.05) is 0 Å². The molecule has 0 fully saturated rings. The van der Waals surface area contributed by atoms with E-state index in [0.29, 0.717) is 0 Å². The number of hydrogen-bond acceptors (Lipinski definition) is 2. The standard InChI is InChI=1S/C8H6N3/c1-2-4-8(5-3-1)11-9-6-7-10-11/h1-2,4-7H. The molecule has 0 saturated heterocycles. The summed E-state index contributed by atoms with van der Waals surface area (Å²) in [6, 6.07) is 10.5. The van der Waals surface area contributed by atoms with E-state index in [1.54, 1.807) is 17.2 Å². The monoisotopic (exact) mass is 144 g/mol. The molecule has 1 aromatic carbocycles. The Morgan fingerprint density at radius 1 is 1.27 bits per heavy atom. The summed E-state index contributed by atoms with van der Waals surface area (Å²) in [5.74, 6) is 0. The Morgan fingerprint density at radius 2 is 2.09 bits per heavy atom. The fraction of sp³-hybridized carbons (Fsp3) is 0. The summed E-state index contributed by atoms with van der Waals surface area (Å²) in [5, 5.41) is 7.94. The fourth-order valence-electron chi connectivity index (χ4n) is 0.857. The normalized spacial score (nSPS) is 9.82. The van der Waals surface area contributed by atoms with Crippen molar-refractivity contribution < 1.29 is 0 Å². The molecule has 0 aliphatic heterocycles. The molecule has 1 aromatic heterocycles. The third-order valence-corrected chi connectivity index (χ3v) is 1.34. The second kappa shape index (κ2) is 2.54. The summed E-state index contributed by atoms with van der Waals surface area (Å²) in [5.41, 5.74) is 0.928. The molecule has 0 spiro atoms. The summed E-state index contributed by atoms with van der Waals surface area (Å²) in [4.78, 5) is 1.55. The lowest BCUT2D eigenvalue weighted by molar-refractivity contribution is 0.752. The van der Waals surface area contributed by atoms with Crippen LogP contribution in [0.25, 0.3) is 5.69 Å². The summed E-state index contributed by atoms with van der Waals surface area (Å²) < 4.78 is 0. The Labute approximate surface area is 64.3 Å². The van der Waals surface area contributed by atoms with Crippen LogP contribution in [0.3, 0.4) is 0 Å². The largest absolute Gasteiger partial charge is 0.157 e. The van der Waals surface area contributed by atoms with Crippen molar-refractivity contribution >= 4 is 0 Å². The Balaban J connectivity index is 2.46. The van der Waals surface area contributed by atoms with Crippen LogP contribution in [0.15, 0.2) is 36.7 Å². The second-order valence-electron chi connectivity index (χ2n) is 2.08. The SMILES string of the molecule is [c]1cccc(-n2nccn2)c1. The number of rotatable bonds is 1. The highest BCUT2D eigenvalue weighted by atomic mass is 15.5. The van der Waals surface area contributed by atoms with Crippen LogP contribution in [-0.4, -0.2) is 15.0 Å². The number of aromatic nitrogens is 3. The van der Waals surface area contributed by atoms with E-state index in [0.717, 1.165) is 5.69 Å². The van der Waals surface area contributed by atoms with E-state index >= 15 is 0 Å². The summed E-state index contributed by atoms with van der Waals surface area (Å²) in [6.07, 6.45) is 3.29. The van der Waals surface area contributed by atoms with Gasteiger partial charge in [-0.05, 0) is 18.2 Å². The lowest BCUT2D eigenvalue weighted by Crippen LogP contribution is -1.96. The maximum absolute atomic E-state index is 3.97. The lowest BCUT2D eigenvalue weighted by Gasteiger charge is -1.95. The maximum atomic E-state index is 3.97. The van der Waals surface area contributed by atoms with Crippen LogP contribution < -0.4 is 0 Å². The molecule has 0 atom stereocenters. The van der Waals surface area contributed by atoms with Gasteiger partial charge in [-0.1, -0.05) is 12.1 Å². The number of nitrogens with zero attached hydrogens (tertiary/aromatic N) is 3. The zero-order chi connectivity index (χ0) is 7.52. The van der Waals surface area contributed by atoms with Gasteiger partial charge in [-0.25, -0.2) is 0 Å². The van der Waals surface area contributed by atoms with Crippen molar-refractivity contribution in [1.82, 2.24) is 15.0 Å². The van der Waals surface area contributed by atoms with Crippen molar-refractivity contribution in [1.29, 1.82) is 0 Å². The van der Waals surface area contributed by atoms with Crippen LogP contribution in [0, 0.1) is 6.07 Å². The molecule has 0 unspecified atom stereocenters. The smallest absolute Gasteiger partial charge is 0.0862 e. The Bertz CT molecular complexity index is 312. The minimum Gasteiger partial charge on any atom is -0.157 e. The van der Waals surface area contributed by atoms with Crippen molar-refractivity contribution in [2.45, 2.75) is 0 Å². The van der Waals surface area contributed by atoms with E-state index in [-0.39, 0.29) is 0 Å². The topological polar surface area (TPSA) is 30.7 Å². The van der Waals surface area contributed by atoms with Crippen LogP contribution in [0.4, 0.5) is 0 Å². The average Bonchev–Trinajstić information content (AvgIpc) is 2.58. The maximum Gasteiger partial charge on any atom is 0.0862 e. The quantitative estimate of drug-likeness (QED) is 0.599. The van der Waals surface area contributed by atoms with Crippen LogP contribution in [0.1, 0.15) is 0 Å². The van der Waals surface area contributed by atoms with Crippen LogP contribution in [-0.2, 0) is 0 Å². The number of benzene rings is 1. The molecule has 0 N–H and O–H groups in total. The summed E-state index contributed by atoms with van der Waals surface area (Å²) in [6.45, 7) is 0. The van der Waals surface area contributed by atoms with Crippen molar-refractivity contribution in [3.63, 3.8) is 0 Å². The van der Waals surface area contributed by atoms with Gasteiger partial charge < -0.3 is 0 Å². The van der Waals surface area contributed by atoms with Gasteiger partial charge >= 0.3 is 0 Å². The molecule has 1 radical (unpaired) electrons. The Morgan fingerprint density at radius 3 is 2.73 bits per heavy atom. The molecule has 0 amide bonds. The van der Waals surface area contributed by atoms with Gasteiger partial charge in [0.05, 0.1) is 18.1 Å². The van der Waals surface area contributed by atoms with Gasteiger partial charge in [0.15, 0.2) is 0 Å². The average molecular weight is 144 g/mol. The van der Waals surface area contributed by atoms with E-state index in [9.17, 15) is 0 Å². The molecule has 53 valence electrons. The molecule has 0 aliphatic carbocycles. The van der Waals surface area contributed by atoms with Crippen molar-refractivity contribution in [2.24, 2.45) is 0 Å². The molecular weight excluding hydrogens is 138 g/mol. The van der Waals surface area contributed by atoms with Gasteiger partial charge in [0.1, 0.15) is 0 Å². The second-order valence-corrected chi connectivity index (χ2v) is 2.08. The first-order valence-corrected chi connectivity index (χ1v) is 3.29. The molecule has 0 saturated carbocycles.